The molecule has 1 aliphatic heterocycles. The number of halogens is 1. The zero-order valence-corrected chi connectivity index (χ0v) is 12.1. The molecule has 1 saturated heterocycles. The summed E-state index contributed by atoms with van der Waals surface area (Å²) in [4.78, 5) is 8.13. The van der Waals surface area contributed by atoms with Crippen molar-refractivity contribution in [1.82, 2.24) is 9.97 Å². The fraction of sp³-hybridized carbons (Fsp3) is 0.714. The van der Waals surface area contributed by atoms with Crippen molar-refractivity contribution >= 4 is 23.2 Å². The highest BCUT2D eigenvalue weighted by Gasteiger charge is 2.62. The van der Waals surface area contributed by atoms with Gasteiger partial charge in [-0.2, -0.15) is 0 Å². The normalized spacial score (nSPS) is 38.8. The summed E-state index contributed by atoms with van der Waals surface area (Å²) in [6.45, 7) is 0.926. The summed E-state index contributed by atoms with van der Waals surface area (Å²) in [5.74, 6) is 2.33. The Kier molecular flexibility index (Phi) is 2.82. The molecule has 4 unspecified atom stereocenters. The van der Waals surface area contributed by atoms with E-state index in [4.69, 9.17) is 22.1 Å². The van der Waals surface area contributed by atoms with Gasteiger partial charge in [-0.05, 0) is 38.0 Å². The fourth-order valence-electron chi connectivity index (χ4n) is 4.42. The second-order valence-electron chi connectivity index (χ2n) is 6.20. The van der Waals surface area contributed by atoms with Crippen LogP contribution in [0.25, 0.3) is 0 Å². The van der Waals surface area contributed by atoms with Crippen LogP contribution in [0.2, 0.25) is 5.02 Å². The van der Waals surface area contributed by atoms with Gasteiger partial charge >= 0.3 is 0 Å². The maximum atomic E-state index is 6.18. The molecule has 20 heavy (non-hydrogen) atoms. The topological polar surface area (TPSA) is 73.1 Å². The molecule has 3 N–H and O–H groups in total. The monoisotopic (exact) mass is 294 g/mol. The number of rotatable bonds is 2. The number of anilines is 2. The first-order valence-corrected chi connectivity index (χ1v) is 7.75. The lowest BCUT2D eigenvalue weighted by atomic mass is 9.53. The van der Waals surface area contributed by atoms with Crippen molar-refractivity contribution in [1.29, 1.82) is 0 Å². The largest absolute Gasteiger partial charge is 0.382 e. The number of aromatic nitrogens is 2. The molecule has 6 heteroatoms. The van der Waals surface area contributed by atoms with Crippen LogP contribution in [-0.4, -0.2) is 28.2 Å². The van der Waals surface area contributed by atoms with E-state index in [1.807, 2.05) is 0 Å². The number of nitrogens with one attached hydrogen (secondary N) is 1. The minimum absolute atomic E-state index is 0.140. The fourth-order valence-corrected chi connectivity index (χ4v) is 4.58. The summed E-state index contributed by atoms with van der Waals surface area (Å²) < 4.78 is 6.13. The minimum Gasteiger partial charge on any atom is -0.382 e. The molecule has 3 fully saturated rings. The van der Waals surface area contributed by atoms with Gasteiger partial charge in [-0.25, -0.2) is 9.97 Å². The summed E-state index contributed by atoms with van der Waals surface area (Å²) in [7, 11) is 0. The molecule has 3 aliphatic rings. The highest BCUT2D eigenvalue weighted by Crippen LogP contribution is 2.59. The number of nitrogen functional groups attached to an aromatic ring is 1. The molecule has 1 aromatic rings. The highest BCUT2D eigenvalue weighted by atomic mass is 35.5. The van der Waals surface area contributed by atoms with Crippen LogP contribution in [0.3, 0.4) is 0 Å². The number of hydrogen-bond acceptors (Lipinski definition) is 5. The molecule has 2 heterocycles. The zero-order chi connectivity index (χ0) is 13.7. The Morgan fingerprint density at radius 1 is 1.40 bits per heavy atom. The summed E-state index contributed by atoms with van der Waals surface area (Å²) in [5, 5.41) is 3.91. The first-order valence-electron chi connectivity index (χ1n) is 7.37. The van der Waals surface area contributed by atoms with Gasteiger partial charge in [0.2, 0.25) is 0 Å². The van der Waals surface area contributed by atoms with Crippen LogP contribution in [0, 0.1) is 11.8 Å². The lowest BCUT2D eigenvalue weighted by Gasteiger charge is -2.57. The lowest BCUT2D eigenvalue weighted by molar-refractivity contribution is -0.160. The van der Waals surface area contributed by atoms with Crippen LogP contribution >= 0.6 is 11.6 Å². The second kappa shape index (κ2) is 4.46. The average molecular weight is 295 g/mol. The van der Waals surface area contributed by atoms with Crippen molar-refractivity contribution in [3.8, 4) is 0 Å². The number of nitrogens with two attached hydrogens (primary N) is 1. The summed E-state index contributed by atoms with van der Waals surface area (Å²) in [6.07, 6.45) is 7.49. The molecule has 4 atom stereocenters. The van der Waals surface area contributed by atoms with Gasteiger partial charge in [0, 0.05) is 18.6 Å². The van der Waals surface area contributed by atoms with Crippen molar-refractivity contribution in [3.63, 3.8) is 0 Å². The Bertz CT molecular complexity index is 540. The van der Waals surface area contributed by atoms with E-state index in [1.165, 1.54) is 32.0 Å². The van der Waals surface area contributed by atoms with Crippen molar-refractivity contribution in [2.24, 2.45) is 11.8 Å². The molecule has 5 nitrogen and oxygen atoms in total. The molecular weight excluding hydrogens is 276 g/mol. The van der Waals surface area contributed by atoms with Crippen LogP contribution < -0.4 is 11.1 Å². The molecule has 2 saturated carbocycles. The van der Waals surface area contributed by atoms with E-state index in [1.54, 1.807) is 0 Å². The quantitative estimate of drug-likeness (QED) is 0.876. The molecular formula is C14H19ClN4O. The van der Waals surface area contributed by atoms with Crippen LogP contribution in [0.15, 0.2) is 6.33 Å². The summed E-state index contributed by atoms with van der Waals surface area (Å²) in [6, 6.07) is 0.380. The van der Waals surface area contributed by atoms with E-state index in [-0.39, 0.29) is 5.60 Å². The first-order chi connectivity index (χ1) is 9.71. The number of ether oxygens (including phenoxy) is 1. The molecule has 1 aromatic heterocycles. The van der Waals surface area contributed by atoms with Crippen LogP contribution in [0.4, 0.5) is 11.6 Å². The smallest absolute Gasteiger partial charge is 0.150 e. The van der Waals surface area contributed by atoms with Gasteiger partial charge < -0.3 is 15.8 Å². The van der Waals surface area contributed by atoms with Crippen LogP contribution in [0.5, 0.6) is 0 Å². The van der Waals surface area contributed by atoms with E-state index in [2.05, 4.69) is 15.3 Å². The lowest BCUT2D eigenvalue weighted by Crippen LogP contribution is -2.61. The van der Waals surface area contributed by atoms with E-state index < -0.39 is 0 Å². The molecule has 2 aliphatic carbocycles. The predicted octanol–water partition coefficient (Wildman–Crippen LogP) is 2.47. The third-order valence-electron chi connectivity index (χ3n) is 5.40. The van der Waals surface area contributed by atoms with Gasteiger partial charge in [0.05, 0.1) is 5.60 Å². The average Bonchev–Trinajstić information content (AvgIpc) is 2.70. The Balaban J connectivity index is 1.56. The Hall–Kier alpha value is -1.07. The van der Waals surface area contributed by atoms with E-state index in [0.717, 1.165) is 18.9 Å². The molecule has 1 spiro atoms. The van der Waals surface area contributed by atoms with Gasteiger partial charge in [-0.15, -0.1) is 0 Å². The molecule has 0 aromatic carbocycles. The SMILES string of the molecule is Nc1ncnc(NC2CCCC34OCCC3CC24)c1Cl. The Labute approximate surface area is 123 Å². The van der Waals surface area contributed by atoms with E-state index in [9.17, 15) is 0 Å². The van der Waals surface area contributed by atoms with Crippen molar-refractivity contribution < 1.29 is 4.74 Å². The van der Waals surface area contributed by atoms with Gasteiger partial charge in [0.25, 0.3) is 0 Å². The number of hydrogen-bond donors (Lipinski definition) is 2. The standard InChI is InChI=1S/C14H19ClN4O/c15-11-12(16)17-7-18-13(11)19-10-2-1-4-14-8(3-5-20-14)6-9(10)14/h7-10H,1-6H2,(H3,16,17,18,19). The Morgan fingerprint density at radius 3 is 3.15 bits per heavy atom. The summed E-state index contributed by atoms with van der Waals surface area (Å²) in [5.41, 5.74) is 5.88. The highest BCUT2D eigenvalue weighted by molar-refractivity contribution is 6.35. The predicted molar refractivity (Wildman–Crippen MR) is 77.6 cm³/mol. The van der Waals surface area contributed by atoms with Crippen molar-refractivity contribution in [3.05, 3.63) is 11.3 Å². The van der Waals surface area contributed by atoms with Crippen LogP contribution in [0.1, 0.15) is 32.1 Å². The minimum atomic E-state index is 0.140. The van der Waals surface area contributed by atoms with E-state index in [0.29, 0.717) is 28.6 Å². The molecule has 108 valence electrons. The summed E-state index contributed by atoms with van der Waals surface area (Å²) >= 11 is 6.18. The van der Waals surface area contributed by atoms with Gasteiger partial charge in [0.1, 0.15) is 17.2 Å². The zero-order valence-electron chi connectivity index (χ0n) is 11.3. The number of nitrogens with zero attached hydrogens (tertiary/aromatic N) is 2. The van der Waals surface area contributed by atoms with E-state index >= 15 is 0 Å². The third kappa shape index (κ3) is 1.66. The maximum Gasteiger partial charge on any atom is 0.150 e. The Morgan fingerprint density at radius 2 is 2.30 bits per heavy atom. The van der Waals surface area contributed by atoms with Gasteiger partial charge in [-0.1, -0.05) is 11.6 Å². The van der Waals surface area contributed by atoms with Crippen LogP contribution in [-0.2, 0) is 4.74 Å². The molecule has 0 bridgehead atoms. The van der Waals surface area contributed by atoms with Crippen molar-refractivity contribution in [2.45, 2.75) is 43.7 Å². The maximum absolute atomic E-state index is 6.18. The molecule has 0 radical (unpaired) electrons. The first kappa shape index (κ1) is 12.7. The van der Waals surface area contributed by atoms with Gasteiger partial charge in [0.15, 0.2) is 5.82 Å². The van der Waals surface area contributed by atoms with Crippen molar-refractivity contribution in [2.75, 3.05) is 17.7 Å². The molecule has 4 rings (SSSR count). The van der Waals surface area contributed by atoms with Gasteiger partial charge in [-0.3, -0.25) is 0 Å². The third-order valence-corrected chi connectivity index (χ3v) is 5.77. The molecule has 0 amide bonds. The second-order valence-corrected chi connectivity index (χ2v) is 6.57.